The summed E-state index contributed by atoms with van der Waals surface area (Å²) in [5.74, 6) is -3.69. The van der Waals surface area contributed by atoms with Crippen LogP contribution in [-0.2, 0) is 38.0 Å². The lowest BCUT2D eigenvalue weighted by atomic mass is 9.77. The number of hydrogen-bond donors (Lipinski definition) is 6. The summed E-state index contributed by atoms with van der Waals surface area (Å²) in [5.41, 5.74) is -3.90. The van der Waals surface area contributed by atoms with Gasteiger partial charge in [0.1, 0.15) is 29.5 Å². The van der Waals surface area contributed by atoms with Crippen molar-refractivity contribution in [2.75, 3.05) is 66.4 Å². The largest absolute Gasteiger partial charge is 0.477 e. The van der Waals surface area contributed by atoms with Crippen molar-refractivity contribution in [1.82, 2.24) is 19.7 Å². The second kappa shape index (κ2) is 25.4. The Balaban J connectivity index is 1.17. The van der Waals surface area contributed by atoms with Crippen molar-refractivity contribution in [2.24, 2.45) is 17.8 Å². The number of carboxylic acids is 1. The minimum atomic E-state index is -1.81. The number of hydrogen-bond acceptors (Lipinski definition) is 17. The van der Waals surface area contributed by atoms with Gasteiger partial charge in [-0.1, -0.05) is 32.4 Å². The standard InChI is InChI=1S/C55H90ClN5O14/c1-15-43-55(10,68)48(63)34(6)60(13)28-30(2)26-53(8,67)49(75-44-23-37(59(11)12)22-31(3)71-44)32(4)47(33(5)52(66)73-43)74-45-27-54(9,69-14)50(35(7)72-45)70-21-20-57-18-19-58-41-24-38-42(25-40(41)56)61(36-16-17-36)29-39(46(38)62)51(64)65/h24-25,29-37,43-45,47-50,57-58,63,67-68H,15-23,26-28H2,1-14H3,(H,64,65)/t30-,31-,32+,33-,34-,35+,37+,43-,44+,45+,47+,48-,49-,50+,53-,54-,55-/m1/s1. The third-order valence-corrected chi connectivity index (χ3v) is 16.9. The van der Waals surface area contributed by atoms with E-state index in [0.29, 0.717) is 60.8 Å². The number of esters is 1. The lowest BCUT2D eigenvalue weighted by Gasteiger charge is -2.49. The third kappa shape index (κ3) is 14.4. The molecule has 6 N–H and O–H groups in total. The molecular formula is C55H90ClN5O14. The summed E-state index contributed by atoms with van der Waals surface area (Å²) >= 11 is 6.68. The molecule has 0 radical (unpaired) electrons. The molecule has 1 saturated carbocycles. The van der Waals surface area contributed by atoms with Crippen LogP contribution < -0.4 is 16.1 Å². The smallest absolute Gasteiger partial charge is 0.341 e. The molecule has 17 atom stereocenters. The normalized spacial score (nSPS) is 38.0. The number of aromatic carboxylic acids is 1. The molecule has 1 aromatic carbocycles. The number of benzene rings is 1. The molecule has 0 unspecified atom stereocenters. The van der Waals surface area contributed by atoms with Crippen LogP contribution in [0.2, 0.25) is 5.02 Å². The highest BCUT2D eigenvalue weighted by molar-refractivity contribution is 6.34. The summed E-state index contributed by atoms with van der Waals surface area (Å²) in [6, 6.07) is 3.12. The number of methoxy groups -OCH3 is 1. The number of pyridine rings is 1. The van der Waals surface area contributed by atoms with Crippen molar-refractivity contribution in [3.05, 3.63) is 39.1 Å². The summed E-state index contributed by atoms with van der Waals surface area (Å²) in [4.78, 5) is 43.8. The summed E-state index contributed by atoms with van der Waals surface area (Å²) in [6.07, 6.45) is -1.68. The van der Waals surface area contributed by atoms with Crippen LogP contribution in [-0.4, -0.2) is 192 Å². The molecule has 19 nitrogen and oxygen atoms in total. The zero-order valence-electron chi connectivity index (χ0n) is 47.0. The second-order valence-corrected chi connectivity index (χ2v) is 23.7. The lowest BCUT2D eigenvalue weighted by Crippen LogP contribution is -2.60. The fraction of sp³-hybridized carbons (Fsp3) is 0.800. The van der Waals surface area contributed by atoms with Crippen molar-refractivity contribution in [1.29, 1.82) is 0 Å². The average Bonchev–Trinajstić information content (AvgIpc) is 4.19. The van der Waals surface area contributed by atoms with Crippen LogP contribution in [0.25, 0.3) is 10.9 Å². The molecule has 0 amide bonds. The number of halogens is 1. The molecule has 75 heavy (non-hydrogen) atoms. The van der Waals surface area contributed by atoms with Crippen LogP contribution >= 0.6 is 11.6 Å². The van der Waals surface area contributed by atoms with Gasteiger partial charge in [-0.3, -0.25) is 9.59 Å². The van der Waals surface area contributed by atoms with Gasteiger partial charge in [0.15, 0.2) is 12.6 Å². The van der Waals surface area contributed by atoms with E-state index in [0.717, 1.165) is 19.3 Å². The lowest BCUT2D eigenvalue weighted by molar-refractivity contribution is -0.313. The highest BCUT2D eigenvalue weighted by Crippen LogP contribution is 2.42. The monoisotopic (exact) mass is 1080 g/mol. The van der Waals surface area contributed by atoms with Gasteiger partial charge in [-0.2, -0.15) is 0 Å². The molecule has 0 spiro atoms. The van der Waals surface area contributed by atoms with Gasteiger partial charge in [0.2, 0.25) is 5.43 Å². The number of aliphatic hydroxyl groups is 3. The van der Waals surface area contributed by atoms with E-state index in [9.17, 15) is 34.8 Å². The molecule has 3 saturated heterocycles. The van der Waals surface area contributed by atoms with E-state index in [1.54, 1.807) is 40.0 Å². The molecule has 426 valence electrons. The first-order chi connectivity index (χ1) is 35.1. The van der Waals surface area contributed by atoms with E-state index in [1.807, 2.05) is 72.2 Å². The van der Waals surface area contributed by atoms with Crippen LogP contribution in [0.3, 0.4) is 0 Å². The fourth-order valence-electron chi connectivity index (χ4n) is 12.0. The Morgan fingerprint density at radius 3 is 2.27 bits per heavy atom. The van der Waals surface area contributed by atoms with Crippen molar-refractivity contribution in [2.45, 2.75) is 204 Å². The Kier molecular flexibility index (Phi) is 20.7. The van der Waals surface area contributed by atoms with Gasteiger partial charge >= 0.3 is 11.9 Å². The van der Waals surface area contributed by atoms with E-state index in [2.05, 4.69) is 15.5 Å². The first-order valence-electron chi connectivity index (χ1n) is 27.2. The quantitative estimate of drug-likeness (QED) is 0.0829. The number of ether oxygens (including phenoxy) is 7. The predicted octanol–water partition coefficient (Wildman–Crippen LogP) is 5.66. The van der Waals surface area contributed by atoms with Crippen molar-refractivity contribution in [3.63, 3.8) is 0 Å². The van der Waals surface area contributed by atoms with Crippen LogP contribution in [0.4, 0.5) is 5.69 Å². The minimum Gasteiger partial charge on any atom is -0.477 e. The molecule has 4 fully saturated rings. The second-order valence-electron chi connectivity index (χ2n) is 23.2. The number of aromatic nitrogens is 1. The summed E-state index contributed by atoms with van der Waals surface area (Å²) < 4.78 is 47.8. The Bertz CT molecular complexity index is 2300. The van der Waals surface area contributed by atoms with Crippen molar-refractivity contribution >= 4 is 40.1 Å². The maximum absolute atomic E-state index is 14.6. The number of carbonyl (C=O) groups excluding carboxylic acids is 1. The molecule has 0 bridgehead atoms. The van der Waals surface area contributed by atoms with Gasteiger partial charge in [-0.05, 0) is 120 Å². The third-order valence-electron chi connectivity index (χ3n) is 16.6. The Hall–Kier alpha value is -3.02. The topological polar surface area (TPSA) is 232 Å². The Morgan fingerprint density at radius 2 is 1.64 bits per heavy atom. The highest BCUT2D eigenvalue weighted by Gasteiger charge is 2.52. The number of aliphatic hydroxyl groups excluding tert-OH is 1. The number of likely N-dealkylation sites (N-methyl/N-ethyl adjacent to an activating group) is 1. The Morgan fingerprint density at radius 1 is 0.947 bits per heavy atom. The molecule has 2 aromatic rings. The molecule has 1 aromatic heterocycles. The predicted molar refractivity (Wildman–Crippen MR) is 286 cm³/mol. The van der Waals surface area contributed by atoms with Gasteiger partial charge in [0.25, 0.3) is 0 Å². The minimum absolute atomic E-state index is 0.112. The van der Waals surface area contributed by atoms with Crippen LogP contribution in [0.1, 0.15) is 131 Å². The average molecular weight is 1080 g/mol. The van der Waals surface area contributed by atoms with E-state index in [-0.39, 0.29) is 48.9 Å². The van der Waals surface area contributed by atoms with Crippen molar-refractivity contribution in [3.8, 4) is 0 Å². The van der Waals surface area contributed by atoms with Crippen LogP contribution in [0.15, 0.2) is 23.1 Å². The van der Waals surface area contributed by atoms with Gasteiger partial charge in [0.05, 0.1) is 64.4 Å². The number of carboxylic acid groups (broad SMARTS) is 1. The highest BCUT2D eigenvalue weighted by atomic mass is 35.5. The number of nitrogens with one attached hydrogen (secondary N) is 2. The molecule has 1 aliphatic carbocycles. The molecule has 4 heterocycles. The number of cyclic esters (lactones) is 1. The van der Waals surface area contributed by atoms with Crippen molar-refractivity contribution < 1.29 is 63.2 Å². The van der Waals surface area contributed by atoms with Gasteiger partial charge in [-0.15, -0.1) is 0 Å². The molecular weight excluding hydrogens is 990 g/mol. The van der Waals surface area contributed by atoms with Gasteiger partial charge in [0, 0.05) is 81.8 Å². The van der Waals surface area contributed by atoms with E-state index in [1.165, 1.54) is 13.1 Å². The molecule has 3 aliphatic heterocycles. The fourth-order valence-corrected chi connectivity index (χ4v) is 12.2. The molecule has 20 heteroatoms. The van der Waals surface area contributed by atoms with E-state index < -0.39 is 101 Å². The number of nitrogens with zero attached hydrogens (tertiary/aromatic N) is 3. The first-order valence-corrected chi connectivity index (χ1v) is 27.6. The maximum Gasteiger partial charge on any atom is 0.341 e. The maximum atomic E-state index is 14.6. The summed E-state index contributed by atoms with van der Waals surface area (Å²) in [6.45, 7) is 20.6. The van der Waals surface area contributed by atoms with Gasteiger partial charge < -0.3 is 78.6 Å². The zero-order chi connectivity index (χ0) is 55.5. The van der Waals surface area contributed by atoms with Gasteiger partial charge in [-0.25, -0.2) is 4.79 Å². The molecule has 4 aliphatic rings. The van der Waals surface area contributed by atoms with E-state index >= 15 is 0 Å². The zero-order valence-corrected chi connectivity index (χ0v) is 47.7. The number of fused-ring (bicyclic) bond motifs is 1. The number of rotatable bonds is 17. The summed E-state index contributed by atoms with van der Waals surface area (Å²) in [5, 5.41) is 53.5. The number of anilines is 1. The Labute approximate surface area is 449 Å². The summed E-state index contributed by atoms with van der Waals surface area (Å²) in [7, 11) is 7.55. The first kappa shape index (κ1) is 61.2. The van der Waals surface area contributed by atoms with Crippen LogP contribution in [0.5, 0.6) is 0 Å². The van der Waals surface area contributed by atoms with Crippen LogP contribution in [0, 0.1) is 17.8 Å². The number of carbonyl (C=O) groups is 2. The molecule has 6 rings (SSSR count). The SMILES string of the molecule is CC[C@H]1OC(=O)[C@H](C)[C@@H](O[C@H]2C[C@@](C)(OC)[C@@H](OCCNCCNc3cc4c(=O)c(C(=O)O)cn(C5CC5)c4cc3Cl)[C@H](C)O2)[C@H](C)[C@@H](O[C@H]2C[C@@H](N(C)C)C[C@@H](C)O2)[C@](C)(O)C[C@@H](C)CN(C)[C@H](C)[C@@H](O)[C@]1(C)O. The van der Waals surface area contributed by atoms with E-state index in [4.69, 9.17) is 44.8 Å².